The second-order valence-corrected chi connectivity index (χ2v) is 6.40. The van der Waals surface area contributed by atoms with Gasteiger partial charge in [-0.15, -0.1) is 0 Å². The van der Waals surface area contributed by atoms with E-state index in [1.807, 2.05) is 0 Å². The molecule has 1 amide bonds. The Kier molecular flexibility index (Phi) is 11.2. The van der Waals surface area contributed by atoms with Gasteiger partial charge in [0.15, 0.2) is 6.10 Å². The Morgan fingerprint density at radius 3 is 2.15 bits per heavy atom. The molecule has 2 aromatic carbocycles. The molecule has 2 aromatic rings. The average Bonchev–Trinajstić information content (AvgIpc) is 2.75. The largest absolute Gasteiger partial charge is 0.496 e. The summed E-state index contributed by atoms with van der Waals surface area (Å²) >= 11 is 0. The monoisotopic (exact) mass is 481 g/mol. The maximum atomic E-state index is 13.0. The SMILES string of the molecule is COc1ccc(CC(OCC(F)(F)F)C(=O)O)cc1C(=O)NCc1ccc(F)cc1.FCF. The van der Waals surface area contributed by atoms with E-state index in [9.17, 15) is 35.9 Å². The number of hydrogen-bond donors (Lipinski definition) is 2. The highest BCUT2D eigenvalue weighted by atomic mass is 19.4. The number of alkyl halides is 5. The van der Waals surface area contributed by atoms with Gasteiger partial charge in [-0.05, 0) is 35.4 Å². The molecule has 0 saturated heterocycles. The van der Waals surface area contributed by atoms with Gasteiger partial charge in [0.05, 0.1) is 12.7 Å². The molecule has 1 atom stereocenters. The Morgan fingerprint density at radius 2 is 1.64 bits per heavy atom. The molecule has 1 unspecified atom stereocenters. The highest BCUT2D eigenvalue weighted by Gasteiger charge is 2.31. The van der Waals surface area contributed by atoms with Gasteiger partial charge >= 0.3 is 12.1 Å². The van der Waals surface area contributed by atoms with E-state index in [1.54, 1.807) is 0 Å². The summed E-state index contributed by atoms with van der Waals surface area (Å²) in [5.74, 6) is -2.34. The Hall–Kier alpha value is -3.28. The summed E-state index contributed by atoms with van der Waals surface area (Å²) in [6.07, 6.45) is -6.79. The molecule has 33 heavy (non-hydrogen) atoms. The van der Waals surface area contributed by atoms with Crippen LogP contribution < -0.4 is 10.1 Å². The molecular formula is C21H21F6NO5. The number of methoxy groups -OCH3 is 1. The third-order valence-corrected chi connectivity index (χ3v) is 4.02. The van der Waals surface area contributed by atoms with E-state index in [1.165, 1.54) is 49.6 Å². The number of carboxylic acid groups (broad SMARTS) is 1. The van der Waals surface area contributed by atoms with Gasteiger partial charge in [0, 0.05) is 13.0 Å². The van der Waals surface area contributed by atoms with E-state index < -0.39 is 43.5 Å². The molecule has 2 rings (SSSR count). The Balaban J connectivity index is 0.00000172. The second-order valence-electron chi connectivity index (χ2n) is 6.40. The summed E-state index contributed by atoms with van der Waals surface area (Å²) in [6.45, 7) is -3.36. The van der Waals surface area contributed by atoms with Gasteiger partial charge in [0.25, 0.3) is 5.91 Å². The highest BCUT2D eigenvalue weighted by molar-refractivity contribution is 5.97. The number of ether oxygens (including phenoxy) is 2. The van der Waals surface area contributed by atoms with Crippen molar-refractivity contribution < 1.29 is 50.5 Å². The molecule has 0 fully saturated rings. The first-order valence-corrected chi connectivity index (χ1v) is 9.23. The predicted molar refractivity (Wildman–Crippen MR) is 105 cm³/mol. The summed E-state index contributed by atoms with van der Waals surface area (Å²) in [6, 6.07) is 9.65. The normalized spacial score (nSPS) is 11.7. The van der Waals surface area contributed by atoms with E-state index >= 15 is 0 Å². The van der Waals surface area contributed by atoms with Crippen molar-refractivity contribution in [3.05, 3.63) is 65.0 Å². The fourth-order valence-corrected chi connectivity index (χ4v) is 2.57. The number of carboxylic acids is 1. The lowest BCUT2D eigenvalue weighted by Gasteiger charge is -2.16. The van der Waals surface area contributed by atoms with E-state index in [2.05, 4.69) is 10.1 Å². The first kappa shape index (κ1) is 27.8. The summed E-state index contributed by atoms with van der Waals surface area (Å²) in [4.78, 5) is 23.8. The zero-order valence-electron chi connectivity index (χ0n) is 17.3. The Morgan fingerprint density at radius 1 is 1.06 bits per heavy atom. The Labute approximate surface area is 185 Å². The van der Waals surface area contributed by atoms with Crippen molar-refractivity contribution in [1.29, 1.82) is 0 Å². The van der Waals surface area contributed by atoms with Crippen LogP contribution in [0.1, 0.15) is 21.5 Å². The number of amides is 1. The van der Waals surface area contributed by atoms with Gasteiger partial charge in [-0.1, -0.05) is 18.2 Å². The molecule has 0 aliphatic heterocycles. The number of carbonyl (C=O) groups excluding carboxylic acids is 1. The van der Waals surface area contributed by atoms with Crippen LogP contribution in [0.5, 0.6) is 5.75 Å². The maximum absolute atomic E-state index is 13.0. The number of benzene rings is 2. The third-order valence-electron chi connectivity index (χ3n) is 4.02. The first-order valence-electron chi connectivity index (χ1n) is 9.23. The van der Waals surface area contributed by atoms with Gasteiger partial charge < -0.3 is 19.9 Å². The summed E-state index contributed by atoms with van der Waals surface area (Å²) in [5.41, 5.74) is 0.987. The number of halogens is 6. The van der Waals surface area contributed by atoms with Crippen LogP contribution >= 0.6 is 0 Å². The van der Waals surface area contributed by atoms with Crippen molar-refractivity contribution in [2.24, 2.45) is 0 Å². The van der Waals surface area contributed by atoms with Crippen molar-refractivity contribution in [3.63, 3.8) is 0 Å². The van der Waals surface area contributed by atoms with Crippen LogP contribution in [0.3, 0.4) is 0 Å². The number of carbonyl (C=O) groups is 2. The Bertz CT molecular complexity index is 905. The number of rotatable bonds is 9. The van der Waals surface area contributed by atoms with Crippen molar-refractivity contribution in [1.82, 2.24) is 5.32 Å². The summed E-state index contributed by atoms with van der Waals surface area (Å²) in [7, 11) is 1.33. The molecule has 0 aliphatic rings. The van der Waals surface area contributed by atoms with E-state index in [-0.39, 0.29) is 29.8 Å². The molecule has 0 aliphatic carbocycles. The topological polar surface area (TPSA) is 84.9 Å². The molecule has 6 nitrogen and oxygen atoms in total. The number of hydrogen-bond acceptors (Lipinski definition) is 4. The van der Waals surface area contributed by atoms with Gasteiger partial charge in [0.2, 0.25) is 6.93 Å². The van der Waals surface area contributed by atoms with Gasteiger partial charge in [-0.3, -0.25) is 4.79 Å². The molecule has 0 bridgehead atoms. The lowest BCUT2D eigenvalue weighted by atomic mass is 10.0. The van der Waals surface area contributed by atoms with Crippen molar-refractivity contribution in [2.45, 2.75) is 25.2 Å². The van der Waals surface area contributed by atoms with Crippen LogP contribution in [0, 0.1) is 5.82 Å². The number of aliphatic carboxylic acids is 1. The van der Waals surface area contributed by atoms with Crippen LogP contribution in [0.4, 0.5) is 26.3 Å². The van der Waals surface area contributed by atoms with Crippen molar-refractivity contribution in [3.8, 4) is 5.75 Å². The van der Waals surface area contributed by atoms with Crippen LogP contribution in [-0.2, 0) is 22.5 Å². The molecule has 182 valence electrons. The molecule has 0 saturated carbocycles. The van der Waals surface area contributed by atoms with E-state index in [0.29, 0.717) is 5.56 Å². The smallest absolute Gasteiger partial charge is 0.411 e. The first-order chi connectivity index (χ1) is 15.5. The fraction of sp³-hybridized carbons (Fsp3) is 0.333. The van der Waals surface area contributed by atoms with Crippen molar-refractivity contribution >= 4 is 11.9 Å². The zero-order valence-corrected chi connectivity index (χ0v) is 17.3. The van der Waals surface area contributed by atoms with E-state index in [0.717, 1.165) is 0 Å². The predicted octanol–water partition coefficient (Wildman–Crippen LogP) is 4.22. The van der Waals surface area contributed by atoms with E-state index in [4.69, 9.17) is 9.84 Å². The second kappa shape index (κ2) is 13.3. The minimum Gasteiger partial charge on any atom is -0.496 e. The molecule has 0 radical (unpaired) electrons. The van der Waals surface area contributed by atoms with Gasteiger partial charge in [0.1, 0.15) is 18.2 Å². The molecule has 2 N–H and O–H groups in total. The maximum Gasteiger partial charge on any atom is 0.411 e. The molecule has 0 spiro atoms. The minimum atomic E-state index is -4.67. The molecular weight excluding hydrogens is 460 g/mol. The number of nitrogens with one attached hydrogen (secondary N) is 1. The lowest BCUT2D eigenvalue weighted by Crippen LogP contribution is -2.31. The summed E-state index contributed by atoms with van der Waals surface area (Å²) < 4.78 is 78.8. The quantitative estimate of drug-likeness (QED) is 0.524. The standard InChI is InChI=1S/C20H19F4NO5.CH2F2/c1-29-16-7-4-13(9-17(19(27)28)30-11-20(22,23)24)8-15(16)18(26)25-10-12-2-5-14(21)6-3-12;2-1-3/h2-8,17H,9-11H2,1H3,(H,25,26)(H,27,28);1H2. The zero-order chi connectivity index (χ0) is 25.0. The van der Waals surface area contributed by atoms with Crippen molar-refractivity contribution in [2.75, 3.05) is 20.6 Å². The van der Waals surface area contributed by atoms with Crippen LogP contribution in [0.15, 0.2) is 42.5 Å². The molecule has 12 heteroatoms. The minimum absolute atomic E-state index is 0.0667. The fourth-order valence-electron chi connectivity index (χ4n) is 2.57. The van der Waals surface area contributed by atoms with Crippen LogP contribution in [-0.4, -0.2) is 49.9 Å². The highest BCUT2D eigenvalue weighted by Crippen LogP contribution is 2.22. The van der Waals surface area contributed by atoms with Crippen LogP contribution in [0.2, 0.25) is 0 Å². The lowest BCUT2D eigenvalue weighted by molar-refractivity contribution is -0.192. The average molecular weight is 481 g/mol. The molecule has 0 aromatic heterocycles. The third kappa shape index (κ3) is 10.3. The molecule has 0 heterocycles. The van der Waals surface area contributed by atoms with Gasteiger partial charge in [-0.25, -0.2) is 18.0 Å². The van der Waals surface area contributed by atoms with Gasteiger partial charge in [-0.2, -0.15) is 13.2 Å². The summed E-state index contributed by atoms with van der Waals surface area (Å²) in [5, 5.41) is 11.7. The van der Waals surface area contributed by atoms with Crippen LogP contribution in [0.25, 0.3) is 0 Å².